The van der Waals surface area contributed by atoms with E-state index in [1.54, 1.807) is 0 Å². The lowest BCUT2D eigenvalue weighted by atomic mass is 9.98. The Labute approximate surface area is 155 Å². The lowest BCUT2D eigenvalue weighted by Gasteiger charge is -2.29. The molecule has 1 amide bonds. The van der Waals surface area contributed by atoms with E-state index in [1.165, 1.54) is 0 Å². The van der Waals surface area contributed by atoms with Gasteiger partial charge in [-0.15, -0.1) is 0 Å². The van der Waals surface area contributed by atoms with E-state index in [1.807, 2.05) is 57.2 Å². The molecule has 1 aliphatic carbocycles. The molecule has 1 atom stereocenters. The van der Waals surface area contributed by atoms with E-state index >= 15 is 0 Å². The van der Waals surface area contributed by atoms with E-state index in [2.05, 4.69) is 12.2 Å². The predicted molar refractivity (Wildman–Crippen MR) is 106 cm³/mol. The second kappa shape index (κ2) is 7.67. The van der Waals surface area contributed by atoms with Crippen molar-refractivity contribution in [3.05, 3.63) is 36.4 Å². The average Bonchev–Trinajstić information content (AvgIpc) is 3.47. The van der Waals surface area contributed by atoms with Crippen LogP contribution in [0.1, 0.15) is 47.0 Å². The molecule has 0 heterocycles. The topological polar surface area (TPSA) is 47.6 Å². The Morgan fingerprint density at radius 3 is 2.50 bits per heavy atom. The van der Waals surface area contributed by atoms with Crippen LogP contribution in [0.3, 0.4) is 0 Å². The van der Waals surface area contributed by atoms with Gasteiger partial charge in [0, 0.05) is 23.1 Å². The largest absolute Gasteiger partial charge is 0.490 e. The summed E-state index contributed by atoms with van der Waals surface area (Å²) >= 11 is 0. The summed E-state index contributed by atoms with van der Waals surface area (Å²) in [5.41, 5.74) is 0.0400. The molecule has 1 fully saturated rings. The highest BCUT2D eigenvalue weighted by Crippen LogP contribution is 2.43. The minimum Gasteiger partial charge on any atom is -0.490 e. The van der Waals surface area contributed by atoms with Crippen molar-refractivity contribution in [1.82, 2.24) is 0 Å². The highest BCUT2D eigenvalue weighted by molar-refractivity contribution is 6.06. The first-order chi connectivity index (χ1) is 12.5. The molecule has 0 saturated heterocycles. The Kier molecular flexibility index (Phi) is 5.52. The number of hydrogen-bond donors (Lipinski definition) is 1. The van der Waals surface area contributed by atoms with Crippen molar-refractivity contribution >= 4 is 22.4 Å². The molecule has 140 valence electrons. The maximum Gasteiger partial charge on any atom is 0.256 e. The van der Waals surface area contributed by atoms with Gasteiger partial charge in [-0.25, -0.2) is 0 Å². The average molecular weight is 355 g/mol. The zero-order chi connectivity index (χ0) is 18.7. The molecule has 4 nitrogen and oxygen atoms in total. The molecule has 0 spiro atoms. The van der Waals surface area contributed by atoms with Crippen LogP contribution < -0.4 is 10.1 Å². The van der Waals surface area contributed by atoms with Gasteiger partial charge in [0.25, 0.3) is 5.91 Å². The Morgan fingerprint density at radius 2 is 1.88 bits per heavy atom. The van der Waals surface area contributed by atoms with Gasteiger partial charge in [-0.1, -0.05) is 31.2 Å². The van der Waals surface area contributed by atoms with Crippen molar-refractivity contribution in [2.75, 3.05) is 11.9 Å². The van der Waals surface area contributed by atoms with E-state index in [-0.39, 0.29) is 12.0 Å². The molecule has 0 bridgehead atoms. The van der Waals surface area contributed by atoms with Crippen LogP contribution >= 0.6 is 0 Å². The molecule has 26 heavy (non-hydrogen) atoms. The number of nitrogens with one attached hydrogen (secondary N) is 1. The molecule has 0 aliphatic heterocycles. The molecule has 0 aromatic heterocycles. The lowest BCUT2D eigenvalue weighted by molar-refractivity contribution is -0.142. The smallest absolute Gasteiger partial charge is 0.256 e. The van der Waals surface area contributed by atoms with Gasteiger partial charge in [0.2, 0.25) is 0 Å². The number of rotatable bonds is 8. The Hall–Kier alpha value is -2.07. The number of benzene rings is 2. The van der Waals surface area contributed by atoms with Crippen molar-refractivity contribution in [3.63, 3.8) is 0 Å². The van der Waals surface area contributed by atoms with Crippen LogP contribution in [0.25, 0.3) is 10.8 Å². The molecule has 1 aliphatic rings. The van der Waals surface area contributed by atoms with Crippen LogP contribution in [0.15, 0.2) is 36.4 Å². The molecular weight excluding hydrogens is 326 g/mol. The van der Waals surface area contributed by atoms with Crippen LogP contribution in [0.4, 0.5) is 5.69 Å². The molecular formula is C22H29NO3. The maximum absolute atomic E-state index is 13.1. The third kappa shape index (κ3) is 3.85. The molecule has 1 N–H and O–H groups in total. The third-order valence-corrected chi connectivity index (χ3v) is 4.91. The van der Waals surface area contributed by atoms with Gasteiger partial charge < -0.3 is 14.8 Å². The van der Waals surface area contributed by atoms with E-state index in [9.17, 15) is 4.79 Å². The van der Waals surface area contributed by atoms with Gasteiger partial charge in [-0.2, -0.15) is 0 Å². The number of carbonyl (C=O) groups is 1. The molecule has 2 aromatic rings. The summed E-state index contributed by atoms with van der Waals surface area (Å²) in [5.74, 6) is 1.08. The van der Waals surface area contributed by atoms with Crippen molar-refractivity contribution in [1.29, 1.82) is 0 Å². The molecule has 0 radical (unpaired) electrons. The first-order valence-corrected chi connectivity index (χ1v) is 9.59. The van der Waals surface area contributed by atoms with Crippen molar-refractivity contribution in [3.8, 4) is 5.75 Å². The Balaban J connectivity index is 1.89. The Morgan fingerprint density at radius 1 is 1.19 bits per heavy atom. The summed E-state index contributed by atoms with van der Waals surface area (Å²) in [5, 5.41) is 5.10. The summed E-state index contributed by atoms with van der Waals surface area (Å²) < 4.78 is 11.9. The van der Waals surface area contributed by atoms with Crippen LogP contribution in [-0.2, 0) is 9.53 Å². The number of fused-ring (bicyclic) bond motifs is 1. The van der Waals surface area contributed by atoms with Gasteiger partial charge in [-0.05, 0) is 58.1 Å². The zero-order valence-corrected chi connectivity index (χ0v) is 16.2. The Bertz CT molecular complexity index is 782. The normalized spacial score (nSPS) is 16.5. The molecule has 3 rings (SSSR count). The summed E-state index contributed by atoms with van der Waals surface area (Å²) in [6.07, 6.45) is 3.10. The van der Waals surface area contributed by atoms with Gasteiger partial charge in [0.15, 0.2) is 0 Å². The highest BCUT2D eigenvalue weighted by atomic mass is 16.5. The van der Waals surface area contributed by atoms with Gasteiger partial charge in [-0.3, -0.25) is 4.79 Å². The first-order valence-electron chi connectivity index (χ1n) is 9.59. The second-order valence-electron chi connectivity index (χ2n) is 7.51. The van der Waals surface area contributed by atoms with E-state index in [4.69, 9.17) is 9.47 Å². The molecule has 1 saturated carbocycles. The van der Waals surface area contributed by atoms with Crippen molar-refractivity contribution < 1.29 is 14.3 Å². The van der Waals surface area contributed by atoms with Crippen molar-refractivity contribution in [2.24, 2.45) is 5.92 Å². The monoisotopic (exact) mass is 355 g/mol. The highest BCUT2D eigenvalue weighted by Gasteiger charge is 2.48. The minimum absolute atomic E-state index is 0.0591. The fourth-order valence-electron chi connectivity index (χ4n) is 3.30. The number of anilines is 1. The predicted octanol–water partition coefficient (Wildman–Crippen LogP) is 5.16. The summed E-state index contributed by atoms with van der Waals surface area (Å²) in [7, 11) is 0. The van der Waals surface area contributed by atoms with Crippen LogP contribution in [0.2, 0.25) is 0 Å². The van der Waals surface area contributed by atoms with Gasteiger partial charge in [0.05, 0.1) is 6.10 Å². The summed E-state index contributed by atoms with van der Waals surface area (Å²) in [6.45, 7) is 8.61. The van der Waals surface area contributed by atoms with E-state index in [0.29, 0.717) is 12.5 Å². The van der Waals surface area contributed by atoms with E-state index in [0.717, 1.165) is 41.5 Å². The molecule has 2 aromatic carbocycles. The summed E-state index contributed by atoms with van der Waals surface area (Å²) in [6, 6.07) is 11.9. The number of carbonyl (C=O) groups excluding carboxylic acids is 1. The third-order valence-electron chi connectivity index (χ3n) is 4.91. The standard InChI is InChI=1S/C22H29NO3/c1-5-14-25-22(4,16-10-11-16)21(24)23-19-12-13-20(26-15(2)3)18-9-7-6-8-17(18)19/h6-9,12-13,15-16H,5,10-11,14H2,1-4H3,(H,23,24)/t22-/m0/s1. The first kappa shape index (κ1) is 18.7. The second-order valence-corrected chi connectivity index (χ2v) is 7.51. The van der Waals surface area contributed by atoms with Gasteiger partial charge in [0.1, 0.15) is 11.4 Å². The zero-order valence-electron chi connectivity index (χ0n) is 16.2. The SMILES string of the molecule is CCCO[C@](C)(C(=O)Nc1ccc(OC(C)C)c2ccccc12)C1CC1. The number of amides is 1. The van der Waals surface area contributed by atoms with Crippen molar-refractivity contribution in [2.45, 2.75) is 58.7 Å². The fraction of sp³-hybridized carbons (Fsp3) is 0.500. The van der Waals surface area contributed by atoms with Crippen LogP contribution in [-0.4, -0.2) is 24.2 Å². The van der Waals surface area contributed by atoms with Gasteiger partial charge >= 0.3 is 0 Å². The quantitative estimate of drug-likeness (QED) is 0.711. The fourth-order valence-corrected chi connectivity index (χ4v) is 3.30. The van der Waals surface area contributed by atoms with Crippen LogP contribution in [0, 0.1) is 5.92 Å². The van der Waals surface area contributed by atoms with E-state index < -0.39 is 5.60 Å². The lowest BCUT2D eigenvalue weighted by Crippen LogP contribution is -2.45. The minimum atomic E-state index is -0.760. The summed E-state index contributed by atoms with van der Waals surface area (Å²) in [4.78, 5) is 13.1. The maximum atomic E-state index is 13.1. The molecule has 0 unspecified atom stereocenters. The molecule has 4 heteroatoms. The van der Waals surface area contributed by atoms with Crippen LogP contribution in [0.5, 0.6) is 5.75 Å². The number of ether oxygens (including phenoxy) is 2. The number of hydrogen-bond acceptors (Lipinski definition) is 3.